The van der Waals surface area contributed by atoms with E-state index in [-0.39, 0.29) is 18.9 Å². The summed E-state index contributed by atoms with van der Waals surface area (Å²) in [7, 11) is -3.59. The highest BCUT2D eigenvalue weighted by atomic mass is 32.2. The molecule has 0 spiro atoms. The van der Waals surface area contributed by atoms with Crippen LogP contribution >= 0.6 is 0 Å². The molecule has 2 aliphatic heterocycles. The van der Waals surface area contributed by atoms with Gasteiger partial charge in [-0.3, -0.25) is 4.79 Å². The number of rotatable bonds is 6. The van der Waals surface area contributed by atoms with E-state index in [1.54, 1.807) is 4.90 Å². The molecule has 0 aromatic rings. The van der Waals surface area contributed by atoms with Crippen molar-refractivity contribution >= 4 is 15.9 Å². The third kappa shape index (κ3) is 5.23. The van der Waals surface area contributed by atoms with Gasteiger partial charge < -0.3 is 9.80 Å². The lowest BCUT2D eigenvalue weighted by atomic mass is 10.2. The molecule has 0 aromatic heterocycles. The lowest BCUT2D eigenvalue weighted by molar-refractivity contribution is -0.127. The summed E-state index contributed by atoms with van der Waals surface area (Å²) in [5.41, 5.74) is 0. The molecule has 0 bridgehead atoms. The summed E-state index contributed by atoms with van der Waals surface area (Å²) in [4.78, 5) is 15.9. The number of carbonyl (C=O) groups is 1. The number of unbranched alkanes of at least 4 members (excludes halogenated alkanes) is 1. The third-order valence-corrected chi connectivity index (χ3v) is 5.74. The number of primary sulfonamides is 1. The van der Waals surface area contributed by atoms with Crippen molar-refractivity contribution < 1.29 is 13.2 Å². The molecule has 7 heteroatoms. The molecule has 2 rings (SSSR count). The molecule has 0 saturated carbocycles. The average molecular weight is 317 g/mol. The maximum absolute atomic E-state index is 11.8. The van der Waals surface area contributed by atoms with E-state index in [9.17, 15) is 13.2 Å². The Morgan fingerprint density at radius 1 is 1.05 bits per heavy atom. The van der Waals surface area contributed by atoms with Gasteiger partial charge in [0.05, 0.1) is 0 Å². The van der Waals surface area contributed by atoms with Gasteiger partial charge in [-0.15, -0.1) is 0 Å². The van der Waals surface area contributed by atoms with Crippen LogP contribution in [0.15, 0.2) is 0 Å². The van der Waals surface area contributed by atoms with Gasteiger partial charge >= 0.3 is 0 Å². The van der Waals surface area contributed by atoms with Crippen molar-refractivity contribution in [1.29, 1.82) is 0 Å². The van der Waals surface area contributed by atoms with Crippen molar-refractivity contribution in [2.75, 3.05) is 32.7 Å². The summed E-state index contributed by atoms with van der Waals surface area (Å²) >= 11 is 0. The fraction of sp³-hybridized carbons (Fsp3) is 0.929. The molecule has 1 unspecified atom stereocenters. The van der Waals surface area contributed by atoms with Crippen molar-refractivity contribution in [2.45, 2.75) is 50.2 Å². The van der Waals surface area contributed by atoms with Gasteiger partial charge in [-0.05, 0) is 45.3 Å². The Kier molecular flexibility index (Phi) is 6.01. The van der Waals surface area contributed by atoms with Crippen LogP contribution in [0.1, 0.15) is 44.9 Å². The maximum Gasteiger partial charge on any atom is 0.224 e. The highest BCUT2D eigenvalue weighted by molar-refractivity contribution is 7.89. The van der Waals surface area contributed by atoms with E-state index in [4.69, 9.17) is 5.14 Å². The van der Waals surface area contributed by atoms with Crippen LogP contribution in [0.25, 0.3) is 0 Å². The number of nitrogens with two attached hydrogens (primary N) is 1. The van der Waals surface area contributed by atoms with Gasteiger partial charge in [0.1, 0.15) is 5.25 Å². The summed E-state index contributed by atoms with van der Waals surface area (Å²) in [5, 5.41) is 4.41. The van der Waals surface area contributed by atoms with Crippen LogP contribution in [0.5, 0.6) is 0 Å². The molecule has 0 aromatic carbocycles. The van der Waals surface area contributed by atoms with Crippen LogP contribution in [0.3, 0.4) is 0 Å². The first-order valence-electron chi connectivity index (χ1n) is 7.98. The Balaban J connectivity index is 1.65. The summed E-state index contributed by atoms with van der Waals surface area (Å²) < 4.78 is 22.6. The Labute approximate surface area is 127 Å². The van der Waals surface area contributed by atoms with E-state index in [1.165, 1.54) is 38.8 Å². The van der Waals surface area contributed by atoms with Gasteiger partial charge in [-0.1, -0.05) is 12.8 Å². The van der Waals surface area contributed by atoms with E-state index in [1.807, 2.05) is 0 Å². The van der Waals surface area contributed by atoms with Crippen molar-refractivity contribution in [1.82, 2.24) is 9.80 Å². The molecule has 6 nitrogen and oxygen atoms in total. The SMILES string of the molecule is NS(=O)(=O)C1CC(=O)N(CCCCN2CCCCCC2)C1. The largest absolute Gasteiger partial charge is 0.341 e. The highest BCUT2D eigenvalue weighted by Gasteiger charge is 2.35. The van der Waals surface area contributed by atoms with Gasteiger partial charge in [-0.2, -0.15) is 0 Å². The highest BCUT2D eigenvalue weighted by Crippen LogP contribution is 2.17. The van der Waals surface area contributed by atoms with Gasteiger partial charge in [-0.25, -0.2) is 13.6 Å². The summed E-state index contributed by atoms with van der Waals surface area (Å²) in [6.07, 6.45) is 7.30. The van der Waals surface area contributed by atoms with Crippen LogP contribution in [0.2, 0.25) is 0 Å². The monoisotopic (exact) mass is 317 g/mol. The van der Waals surface area contributed by atoms with Crippen LogP contribution in [-0.2, 0) is 14.8 Å². The van der Waals surface area contributed by atoms with Crippen molar-refractivity contribution in [3.05, 3.63) is 0 Å². The van der Waals surface area contributed by atoms with Crippen LogP contribution < -0.4 is 5.14 Å². The number of carbonyl (C=O) groups excluding carboxylic acids is 1. The first-order chi connectivity index (χ1) is 9.97. The van der Waals surface area contributed by atoms with E-state index < -0.39 is 15.3 Å². The first-order valence-corrected chi connectivity index (χ1v) is 9.59. The van der Waals surface area contributed by atoms with Gasteiger partial charge in [0, 0.05) is 19.5 Å². The zero-order valence-electron chi connectivity index (χ0n) is 12.7. The lowest BCUT2D eigenvalue weighted by Gasteiger charge is -2.21. The van der Waals surface area contributed by atoms with Crippen molar-refractivity contribution in [2.24, 2.45) is 5.14 Å². The quantitative estimate of drug-likeness (QED) is 0.724. The van der Waals surface area contributed by atoms with E-state index in [0.29, 0.717) is 6.54 Å². The van der Waals surface area contributed by atoms with Gasteiger partial charge in [0.15, 0.2) is 0 Å². The minimum absolute atomic E-state index is 0.0466. The normalized spacial score (nSPS) is 25.3. The Morgan fingerprint density at radius 2 is 1.67 bits per heavy atom. The molecule has 1 amide bonds. The van der Waals surface area contributed by atoms with Crippen molar-refractivity contribution in [3.63, 3.8) is 0 Å². The fourth-order valence-corrected chi connectivity index (χ4v) is 3.93. The number of likely N-dealkylation sites (tertiary alicyclic amines) is 2. The molecule has 2 heterocycles. The number of hydrogen-bond donors (Lipinski definition) is 1. The average Bonchev–Trinajstić information content (AvgIpc) is 2.63. The lowest BCUT2D eigenvalue weighted by Crippen LogP contribution is -2.33. The molecule has 21 heavy (non-hydrogen) atoms. The minimum atomic E-state index is -3.59. The molecule has 0 radical (unpaired) electrons. The standard InChI is InChI=1S/C14H27N3O3S/c15-21(19,20)13-11-14(18)17(12-13)10-6-5-9-16-7-3-1-2-4-8-16/h13H,1-12H2,(H2,15,19,20). The van der Waals surface area contributed by atoms with E-state index >= 15 is 0 Å². The molecule has 2 fully saturated rings. The molecule has 122 valence electrons. The second-order valence-electron chi connectivity index (χ2n) is 6.22. The molecule has 2 saturated heterocycles. The minimum Gasteiger partial charge on any atom is -0.341 e. The molecular formula is C14H27N3O3S. The van der Waals surface area contributed by atoms with Gasteiger partial charge in [0.25, 0.3) is 0 Å². The summed E-state index contributed by atoms with van der Waals surface area (Å²) in [6, 6.07) is 0. The Bertz CT molecular complexity index is 444. The van der Waals surface area contributed by atoms with E-state index in [0.717, 1.165) is 19.4 Å². The predicted octanol–water partition coefficient (Wildman–Crippen LogP) is 0.532. The fourth-order valence-electron chi connectivity index (χ4n) is 3.17. The zero-order chi connectivity index (χ0) is 15.3. The Morgan fingerprint density at radius 3 is 2.24 bits per heavy atom. The second-order valence-corrected chi connectivity index (χ2v) is 8.06. The topological polar surface area (TPSA) is 83.7 Å². The molecule has 0 aliphatic carbocycles. The number of nitrogens with zero attached hydrogens (tertiary/aromatic N) is 2. The van der Waals surface area contributed by atoms with Crippen LogP contribution in [0.4, 0.5) is 0 Å². The summed E-state index contributed by atoms with van der Waals surface area (Å²) in [6.45, 7) is 4.38. The number of sulfonamides is 1. The van der Waals surface area contributed by atoms with E-state index in [2.05, 4.69) is 4.90 Å². The molecule has 1 atom stereocenters. The van der Waals surface area contributed by atoms with Crippen LogP contribution in [-0.4, -0.2) is 62.1 Å². The molecular weight excluding hydrogens is 290 g/mol. The predicted molar refractivity (Wildman–Crippen MR) is 82.2 cm³/mol. The smallest absolute Gasteiger partial charge is 0.224 e. The molecule has 2 aliphatic rings. The van der Waals surface area contributed by atoms with Crippen LogP contribution in [0, 0.1) is 0 Å². The first kappa shape index (κ1) is 16.7. The Hall–Kier alpha value is -0.660. The van der Waals surface area contributed by atoms with Crippen molar-refractivity contribution in [3.8, 4) is 0 Å². The van der Waals surface area contributed by atoms with Gasteiger partial charge in [0.2, 0.25) is 15.9 Å². The second kappa shape index (κ2) is 7.56. The molecule has 2 N–H and O–H groups in total. The number of hydrogen-bond acceptors (Lipinski definition) is 4. The zero-order valence-corrected chi connectivity index (χ0v) is 13.5. The maximum atomic E-state index is 11.8. The third-order valence-electron chi connectivity index (χ3n) is 4.49. The number of amides is 1. The summed E-state index contributed by atoms with van der Waals surface area (Å²) in [5.74, 6) is -0.0798.